The normalized spacial score (nSPS) is 14.8. The molecule has 2 atom stereocenters. The van der Waals surface area contributed by atoms with E-state index in [2.05, 4.69) is 5.09 Å². The van der Waals surface area contributed by atoms with Crippen LogP contribution in [-0.4, -0.2) is 23.8 Å². The second kappa shape index (κ2) is 5.42. The minimum atomic E-state index is -1.61. The van der Waals surface area contributed by atoms with E-state index in [1.54, 1.807) is 13.8 Å². The van der Waals surface area contributed by atoms with Gasteiger partial charge in [-0.15, -0.1) is 0 Å². The summed E-state index contributed by atoms with van der Waals surface area (Å²) < 4.78 is 16.4. The number of hydrogen-bond acceptors (Lipinski definition) is 3. The summed E-state index contributed by atoms with van der Waals surface area (Å²) in [6.45, 7) is 9.31. The van der Waals surface area contributed by atoms with Gasteiger partial charge in [-0.3, -0.25) is 4.79 Å². The third-order valence-electron chi connectivity index (χ3n) is 1.56. The van der Waals surface area contributed by atoms with Gasteiger partial charge in [-0.1, -0.05) is 5.09 Å². The van der Waals surface area contributed by atoms with E-state index in [1.165, 1.54) is 0 Å². The minimum Gasteiger partial charge on any atom is -0.465 e. The Labute approximate surface area is 86.2 Å². The van der Waals surface area contributed by atoms with Gasteiger partial charge in [0.25, 0.3) is 0 Å². The lowest BCUT2D eigenvalue weighted by molar-refractivity contribution is -0.144. The van der Waals surface area contributed by atoms with Gasteiger partial charge in [-0.25, -0.2) is 0 Å². The molecule has 0 rings (SSSR count). The molecule has 0 aliphatic heterocycles. The molecule has 0 spiro atoms. The summed E-state index contributed by atoms with van der Waals surface area (Å²) in [5.41, 5.74) is 0. The van der Waals surface area contributed by atoms with Crippen LogP contribution in [0.25, 0.3) is 0 Å². The van der Waals surface area contributed by atoms with Crippen LogP contribution in [-0.2, 0) is 14.1 Å². The topological polar surface area (TPSA) is 55.4 Å². The zero-order chi connectivity index (χ0) is 11.4. The maximum atomic E-state index is 11.6. The average molecular weight is 220 g/mol. The van der Waals surface area contributed by atoms with Gasteiger partial charge in [-0.05, 0) is 39.2 Å². The van der Waals surface area contributed by atoms with Crippen LogP contribution in [0.1, 0.15) is 34.6 Å². The first-order valence-electron chi connectivity index (χ1n) is 4.69. The highest BCUT2D eigenvalue weighted by Gasteiger charge is 2.37. The van der Waals surface area contributed by atoms with E-state index < -0.39 is 14.0 Å². The molecule has 0 radical (unpaired) electrons. The highest BCUT2D eigenvalue weighted by Crippen LogP contribution is 2.34. The van der Waals surface area contributed by atoms with Crippen molar-refractivity contribution in [3.05, 3.63) is 0 Å². The van der Waals surface area contributed by atoms with E-state index in [1.807, 2.05) is 20.8 Å². The van der Waals surface area contributed by atoms with E-state index in [4.69, 9.17) is 4.74 Å². The summed E-state index contributed by atoms with van der Waals surface area (Å²) in [6.07, 6.45) is 0. The first-order valence-corrected chi connectivity index (χ1v) is 5.95. The van der Waals surface area contributed by atoms with Gasteiger partial charge in [-0.2, -0.15) is 0 Å². The van der Waals surface area contributed by atoms with Crippen molar-refractivity contribution in [2.24, 2.45) is 0 Å². The SMILES string of the molecule is CCOC(=O)[C@H](C)N[P+](=O)C(C)(C)C. The second-order valence-corrected chi connectivity index (χ2v) is 6.26. The smallest absolute Gasteiger partial charge is 0.438 e. The van der Waals surface area contributed by atoms with Crippen molar-refractivity contribution in [1.29, 1.82) is 0 Å². The van der Waals surface area contributed by atoms with Crippen LogP contribution in [0.4, 0.5) is 0 Å². The summed E-state index contributed by atoms with van der Waals surface area (Å²) in [7, 11) is -1.61. The van der Waals surface area contributed by atoms with Gasteiger partial charge in [0.2, 0.25) is 0 Å². The maximum Gasteiger partial charge on any atom is 0.438 e. The number of nitrogens with one attached hydrogen (secondary N) is 1. The Hall–Kier alpha value is -0.470. The van der Waals surface area contributed by atoms with E-state index in [9.17, 15) is 9.36 Å². The molecule has 1 N–H and O–H groups in total. The molecule has 0 aromatic carbocycles. The fourth-order valence-electron chi connectivity index (χ4n) is 0.689. The van der Waals surface area contributed by atoms with Crippen molar-refractivity contribution >= 4 is 13.9 Å². The fourth-order valence-corrected chi connectivity index (χ4v) is 1.53. The van der Waals surface area contributed by atoms with E-state index in [0.717, 1.165) is 0 Å². The molecule has 0 amide bonds. The number of carbonyl (C=O) groups is 1. The molecule has 82 valence electrons. The van der Waals surface area contributed by atoms with Crippen LogP contribution in [0.5, 0.6) is 0 Å². The van der Waals surface area contributed by atoms with Crippen LogP contribution >= 0.6 is 7.95 Å². The van der Waals surface area contributed by atoms with Gasteiger partial charge >= 0.3 is 13.9 Å². The van der Waals surface area contributed by atoms with E-state index >= 15 is 0 Å². The van der Waals surface area contributed by atoms with Crippen LogP contribution in [0.15, 0.2) is 0 Å². The fraction of sp³-hybridized carbons (Fsp3) is 0.889. The minimum absolute atomic E-state index is 0.337. The molecule has 0 heterocycles. The Balaban J connectivity index is 4.13. The van der Waals surface area contributed by atoms with Crippen molar-refractivity contribution in [3.8, 4) is 0 Å². The van der Waals surface area contributed by atoms with Crippen LogP contribution in [0.2, 0.25) is 0 Å². The molecular formula is C9H19NO3P+. The van der Waals surface area contributed by atoms with Crippen LogP contribution in [0.3, 0.4) is 0 Å². The Morgan fingerprint density at radius 3 is 2.36 bits per heavy atom. The van der Waals surface area contributed by atoms with Crippen molar-refractivity contribution in [2.45, 2.75) is 45.8 Å². The van der Waals surface area contributed by atoms with Crippen molar-refractivity contribution < 1.29 is 14.1 Å². The summed E-state index contributed by atoms with van der Waals surface area (Å²) in [5, 5.41) is 2.40. The predicted octanol–water partition coefficient (Wildman–Crippen LogP) is 2.07. The maximum absolute atomic E-state index is 11.6. The first-order chi connectivity index (χ1) is 6.29. The standard InChI is InChI=1S/C9H19NO3P/c1-6-13-8(11)7(2)10-14(12)9(3,4)5/h7H,6H2,1-5H3,(H,10,12)/q+1/t7-/m0/s1. The molecule has 0 fully saturated rings. The number of ether oxygens (including phenoxy) is 1. The highest BCUT2D eigenvalue weighted by atomic mass is 31.1. The van der Waals surface area contributed by atoms with Crippen molar-refractivity contribution in [2.75, 3.05) is 6.61 Å². The molecule has 4 nitrogen and oxygen atoms in total. The van der Waals surface area contributed by atoms with Crippen molar-refractivity contribution in [3.63, 3.8) is 0 Å². The second-order valence-electron chi connectivity index (χ2n) is 4.07. The lowest BCUT2D eigenvalue weighted by Crippen LogP contribution is -2.33. The largest absolute Gasteiger partial charge is 0.465 e. The monoisotopic (exact) mass is 220 g/mol. The van der Waals surface area contributed by atoms with Gasteiger partial charge in [0.05, 0.1) is 6.61 Å². The van der Waals surface area contributed by atoms with E-state index in [0.29, 0.717) is 6.61 Å². The Morgan fingerprint density at radius 1 is 1.50 bits per heavy atom. The number of rotatable bonds is 4. The van der Waals surface area contributed by atoms with E-state index in [-0.39, 0.29) is 11.1 Å². The lowest BCUT2D eigenvalue weighted by Gasteiger charge is -2.10. The lowest BCUT2D eigenvalue weighted by atomic mass is 10.3. The number of carbonyl (C=O) groups excluding carboxylic acids is 1. The Kier molecular flexibility index (Phi) is 5.24. The molecule has 0 aliphatic rings. The molecule has 14 heavy (non-hydrogen) atoms. The molecule has 0 saturated heterocycles. The third-order valence-corrected chi connectivity index (χ3v) is 3.40. The summed E-state index contributed by atoms with van der Waals surface area (Å²) in [5.74, 6) is -0.361. The molecule has 0 aromatic rings. The summed E-state index contributed by atoms with van der Waals surface area (Å²) >= 11 is 0. The Bertz CT molecular complexity index is 223. The predicted molar refractivity (Wildman–Crippen MR) is 56.6 cm³/mol. The molecule has 0 bridgehead atoms. The zero-order valence-electron chi connectivity index (χ0n) is 9.46. The number of hydrogen-bond donors (Lipinski definition) is 1. The molecular weight excluding hydrogens is 201 g/mol. The quantitative estimate of drug-likeness (QED) is 0.582. The zero-order valence-corrected chi connectivity index (χ0v) is 10.4. The van der Waals surface area contributed by atoms with Gasteiger partial charge in [0.1, 0.15) is 6.04 Å². The van der Waals surface area contributed by atoms with Crippen LogP contribution in [0, 0.1) is 0 Å². The first kappa shape index (κ1) is 13.5. The van der Waals surface area contributed by atoms with Gasteiger partial charge < -0.3 is 4.74 Å². The molecule has 5 heteroatoms. The summed E-state index contributed by atoms with van der Waals surface area (Å²) in [4.78, 5) is 11.2. The Morgan fingerprint density at radius 2 is 2.00 bits per heavy atom. The summed E-state index contributed by atoms with van der Waals surface area (Å²) in [6, 6.07) is -0.516. The van der Waals surface area contributed by atoms with Gasteiger partial charge in [0, 0.05) is 0 Å². The number of esters is 1. The molecule has 0 saturated carbocycles. The van der Waals surface area contributed by atoms with Gasteiger partial charge in [0.15, 0.2) is 5.16 Å². The molecule has 0 aromatic heterocycles. The average Bonchev–Trinajstić information content (AvgIpc) is 2.02. The molecule has 0 aliphatic carbocycles. The van der Waals surface area contributed by atoms with Crippen LogP contribution < -0.4 is 5.09 Å². The third kappa shape index (κ3) is 4.68. The highest BCUT2D eigenvalue weighted by molar-refractivity contribution is 7.44. The van der Waals surface area contributed by atoms with Crippen molar-refractivity contribution in [1.82, 2.24) is 5.09 Å². The molecule has 1 unspecified atom stereocenters.